The predicted octanol–water partition coefficient (Wildman–Crippen LogP) is 2.71. The van der Waals surface area contributed by atoms with Gasteiger partial charge in [0, 0.05) is 18.8 Å². The van der Waals surface area contributed by atoms with Crippen LogP contribution in [0.3, 0.4) is 0 Å². The molecule has 0 saturated heterocycles. The molecule has 0 aliphatic rings. The van der Waals surface area contributed by atoms with Crippen LogP contribution in [0.1, 0.15) is 39.3 Å². The van der Waals surface area contributed by atoms with Crippen LogP contribution in [-0.4, -0.2) is 9.78 Å². The Morgan fingerprint density at radius 3 is 2.08 bits per heavy atom. The molecule has 0 bridgehead atoms. The number of rotatable bonds is 1. The van der Waals surface area contributed by atoms with Gasteiger partial charge in [-0.15, -0.1) is 5.10 Å². The summed E-state index contributed by atoms with van der Waals surface area (Å²) < 4.78 is 14.0. The van der Waals surface area contributed by atoms with E-state index < -0.39 is 5.95 Å². The van der Waals surface area contributed by atoms with Crippen molar-refractivity contribution in [1.29, 1.82) is 0 Å². The third-order valence-corrected chi connectivity index (χ3v) is 1.48. The van der Waals surface area contributed by atoms with Gasteiger partial charge in [0.1, 0.15) is 0 Å². The molecule has 0 aliphatic carbocycles. The summed E-state index contributed by atoms with van der Waals surface area (Å²) in [5.41, 5.74) is 0.928. The first-order valence-corrected chi connectivity index (χ1v) is 4.30. The minimum absolute atomic E-state index is 0.335. The first kappa shape index (κ1) is 11.1. The molecule has 12 heavy (non-hydrogen) atoms. The van der Waals surface area contributed by atoms with Crippen molar-refractivity contribution in [1.82, 2.24) is 9.78 Å². The van der Waals surface area contributed by atoms with E-state index in [1.54, 1.807) is 11.7 Å². The molecule has 70 valence electrons. The number of hydrogen-bond acceptors (Lipinski definition) is 1. The van der Waals surface area contributed by atoms with E-state index in [9.17, 15) is 4.39 Å². The molecular formula is C9H17FN2. The molecule has 0 aliphatic heterocycles. The zero-order valence-corrected chi connectivity index (χ0v) is 8.43. The van der Waals surface area contributed by atoms with E-state index in [4.69, 9.17) is 0 Å². The highest BCUT2D eigenvalue weighted by Gasteiger charge is 2.06. The van der Waals surface area contributed by atoms with Crippen LogP contribution in [0.25, 0.3) is 0 Å². The van der Waals surface area contributed by atoms with Gasteiger partial charge in [-0.1, -0.05) is 27.7 Å². The summed E-state index contributed by atoms with van der Waals surface area (Å²) in [5.74, 6) is -0.0619. The lowest BCUT2D eigenvalue weighted by Crippen LogP contribution is -1.99. The van der Waals surface area contributed by atoms with Gasteiger partial charge in [0.2, 0.25) is 5.95 Å². The molecule has 0 aromatic carbocycles. The fourth-order valence-corrected chi connectivity index (χ4v) is 0.986. The van der Waals surface area contributed by atoms with Crippen molar-refractivity contribution >= 4 is 0 Å². The van der Waals surface area contributed by atoms with Crippen molar-refractivity contribution in [3.05, 3.63) is 17.7 Å². The van der Waals surface area contributed by atoms with Crippen LogP contribution in [0.5, 0.6) is 0 Å². The zero-order chi connectivity index (χ0) is 9.72. The molecule has 1 aromatic rings. The van der Waals surface area contributed by atoms with Crippen molar-refractivity contribution in [2.24, 2.45) is 7.05 Å². The van der Waals surface area contributed by atoms with Crippen molar-refractivity contribution in [3.63, 3.8) is 0 Å². The van der Waals surface area contributed by atoms with Gasteiger partial charge in [-0.2, -0.15) is 4.39 Å². The molecule has 1 rings (SSSR count). The van der Waals surface area contributed by atoms with Gasteiger partial charge in [0.25, 0.3) is 0 Å². The Morgan fingerprint density at radius 2 is 1.92 bits per heavy atom. The second-order valence-corrected chi connectivity index (χ2v) is 2.67. The van der Waals surface area contributed by atoms with Crippen LogP contribution < -0.4 is 0 Å². The lowest BCUT2D eigenvalue weighted by molar-refractivity contribution is 0.548. The van der Waals surface area contributed by atoms with E-state index in [0.717, 1.165) is 5.69 Å². The molecule has 1 heterocycles. The Balaban J connectivity index is 0.000000561. The molecule has 0 unspecified atom stereocenters. The third kappa shape index (κ3) is 2.64. The fourth-order valence-electron chi connectivity index (χ4n) is 0.986. The lowest BCUT2D eigenvalue weighted by atomic mass is 10.1. The van der Waals surface area contributed by atoms with E-state index in [0.29, 0.717) is 5.92 Å². The summed E-state index contributed by atoms with van der Waals surface area (Å²) in [4.78, 5) is 0. The van der Waals surface area contributed by atoms with E-state index >= 15 is 0 Å². The highest BCUT2D eigenvalue weighted by molar-refractivity contribution is 5.05. The van der Waals surface area contributed by atoms with Crippen molar-refractivity contribution in [2.45, 2.75) is 33.6 Å². The smallest absolute Gasteiger partial charge is 0.232 e. The highest BCUT2D eigenvalue weighted by atomic mass is 19.1. The second-order valence-electron chi connectivity index (χ2n) is 2.67. The first-order chi connectivity index (χ1) is 5.61. The summed E-state index contributed by atoms with van der Waals surface area (Å²) in [6.07, 6.45) is 0. The van der Waals surface area contributed by atoms with Crippen LogP contribution in [-0.2, 0) is 7.05 Å². The maximum atomic E-state index is 12.4. The number of nitrogens with zero attached hydrogens (tertiary/aromatic N) is 2. The summed E-state index contributed by atoms with van der Waals surface area (Å²) >= 11 is 0. The number of halogens is 1. The first-order valence-electron chi connectivity index (χ1n) is 4.30. The Labute approximate surface area is 73.4 Å². The van der Waals surface area contributed by atoms with Gasteiger partial charge >= 0.3 is 0 Å². The van der Waals surface area contributed by atoms with Gasteiger partial charge in [-0.3, -0.25) is 4.68 Å². The summed E-state index contributed by atoms with van der Waals surface area (Å²) in [6, 6.07) is 1.46. The Hall–Kier alpha value is -0.860. The lowest BCUT2D eigenvalue weighted by Gasteiger charge is -2.02. The van der Waals surface area contributed by atoms with Crippen LogP contribution in [0.15, 0.2) is 6.07 Å². The summed E-state index contributed by atoms with van der Waals surface area (Å²) in [7, 11) is 1.75. The normalized spacial score (nSPS) is 9.58. The van der Waals surface area contributed by atoms with Crippen LogP contribution >= 0.6 is 0 Å². The highest BCUT2D eigenvalue weighted by Crippen LogP contribution is 2.13. The maximum Gasteiger partial charge on any atom is 0.232 e. The number of hydrogen-bond donors (Lipinski definition) is 0. The second kappa shape index (κ2) is 4.91. The molecule has 0 radical (unpaired) electrons. The van der Waals surface area contributed by atoms with Crippen LogP contribution in [0.4, 0.5) is 4.39 Å². The number of aryl methyl sites for hydroxylation is 1. The summed E-state index contributed by atoms with van der Waals surface area (Å²) in [5, 5.41) is 3.58. The third-order valence-electron chi connectivity index (χ3n) is 1.48. The Kier molecular flexibility index (Phi) is 4.55. The monoisotopic (exact) mass is 172 g/mol. The molecule has 0 N–H and O–H groups in total. The zero-order valence-electron chi connectivity index (χ0n) is 8.43. The fraction of sp³-hybridized carbons (Fsp3) is 0.667. The van der Waals surface area contributed by atoms with Gasteiger partial charge in [0.15, 0.2) is 0 Å². The minimum atomic E-state index is -0.397. The summed E-state index contributed by atoms with van der Waals surface area (Å²) in [6.45, 7) is 8.02. The standard InChI is InChI=1S/C7H11FN2.C2H6/c1-5(2)6-4-7(8)9-10(6)3;1-2/h4-5H,1-3H3;1-2H3. The SMILES string of the molecule is CC.CC(C)c1cc(F)nn1C. The molecule has 0 saturated carbocycles. The van der Waals surface area contributed by atoms with Crippen molar-refractivity contribution < 1.29 is 4.39 Å². The minimum Gasteiger partial charge on any atom is -0.269 e. The quantitative estimate of drug-likeness (QED) is 0.637. The van der Waals surface area contributed by atoms with Gasteiger partial charge < -0.3 is 0 Å². The molecule has 0 amide bonds. The predicted molar refractivity (Wildman–Crippen MR) is 48.6 cm³/mol. The molecular weight excluding hydrogens is 155 g/mol. The average molecular weight is 172 g/mol. The molecule has 0 spiro atoms. The Morgan fingerprint density at radius 1 is 1.42 bits per heavy atom. The molecule has 1 aromatic heterocycles. The van der Waals surface area contributed by atoms with E-state index in [1.165, 1.54) is 6.07 Å². The Bertz CT molecular complexity index is 228. The van der Waals surface area contributed by atoms with Crippen LogP contribution in [0.2, 0.25) is 0 Å². The average Bonchev–Trinajstić information content (AvgIpc) is 2.34. The van der Waals surface area contributed by atoms with Gasteiger partial charge in [0.05, 0.1) is 0 Å². The largest absolute Gasteiger partial charge is 0.269 e. The van der Waals surface area contributed by atoms with Gasteiger partial charge in [-0.25, -0.2) is 0 Å². The molecule has 0 fully saturated rings. The molecule has 0 atom stereocenters. The van der Waals surface area contributed by atoms with Gasteiger partial charge in [-0.05, 0) is 5.92 Å². The van der Waals surface area contributed by atoms with Crippen LogP contribution in [0, 0.1) is 5.95 Å². The van der Waals surface area contributed by atoms with E-state index in [-0.39, 0.29) is 0 Å². The number of aromatic nitrogens is 2. The maximum absolute atomic E-state index is 12.4. The topological polar surface area (TPSA) is 17.8 Å². The molecule has 3 heteroatoms. The van der Waals surface area contributed by atoms with E-state index in [1.807, 2.05) is 27.7 Å². The molecule has 2 nitrogen and oxygen atoms in total. The van der Waals surface area contributed by atoms with E-state index in [2.05, 4.69) is 5.10 Å². The van der Waals surface area contributed by atoms with Crippen molar-refractivity contribution in [2.75, 3.05) is 0 Å². The van der Waals surface area contributed by atoms with Crippen molar-refractivity contribution in [3.8, 4) is 0 Å².